The number of ether oxygens (including phenoxy) is 1. The van der Waals surface area contributed by atoms with E-state index >= 15 is 0 Å². The Bertz CT molecular complexity index is 666. The molecule has 18 heavy (non-hydrogen) atoms. The molecule has 0 fully saturated rings. The zero-order chi connectivity index (χ0) is 15.6. The molecular weight excluding hydrogens is 232 g/mol. The average Bonchev–Trinajstić information content (AvgIpc) is 2.44. The molecule has 0 saturated heterocycles. The molecule has 0 radical (unpaired) electrons. The number of phenolic OH excluding ortho intramolecular Hbond substituents is 2. The summed E-state index contributed by atoms with van der Waals surface area (Å²) in [5, 5.41) is 19.8. The molecule has 2 N–H and O–H groups in total. The van der Waals surface area contributed by atoms with Crippen molar-refractivity contribution in [1.82, 2.24) is 0 Å². The van der Waals surface area contributed by atoms with Gasteiger partial charge < -0.3 is 14.9 Å². The first-order valence-electron chi connectivity index (χ1n) is 6.63. The maximum atomic E-state index is 11.3. The highest BCUT2D eigenvalue weighted by Crippen LogP contribution is 2.42. The fourth-order valence-electron chi connectivity index (χ4n) is 1.59. The summed E-state index contributed by atoms with van der Waals surface area (Å²) >= 11 is 0. The van der Waals surface area contributed by atoms with E-state index in [1.807, 2.05) is 0 Å². The van der Waals surface area contributed by atoms with Gasteiger partial charge in [-0.1, -0.05) is 30.3 Å². The topological polar surface area (TPSA) is 66.8 Å². The van der Waals surface area contributed by atoms with E-state index in [0.717, 1.165) is 0 Å². The molecule has 0 spiro atoms. The zero-order valence-electron chi connectivity index (χ0n) is 12.3. The molecule has 0 unspecified atom stereocenters. The molecule has 2 aromatic rings. The molecule has 2 rings (SSSR count). The fraction of sp³-hybridized carbons (Fsp3) is 0.0714. The SMILES string of the molecule is [2H]C([2H])([2H])C(=O)Oc1ccc(-c2ccccc2)c(O)c1O. The minimum Gasteiger partial charge on any atom is -0.504 e. The Kier molecular flexibility index (Phi) is 2.28. The molecule has 4 nitrogen and oxygen atoms in total. The summed E-state index contributed by atoms with van der Waals surface area (Å²) in [5.41, 5.74) is 0.987. The lowest BCUT2D eigenvalue weighted by Crippen LogP contribution is -2.01. The summed E-state index contributed by atoms with van der Waals surface area (Å²) < 4.78 is 25.3. The van der Waals surface area contributed by atoms with Crippen molar-refractivity contribution in [3.63, 3.8) is 0 Å². The highest BCUT2D eigenvalue weighted by atomic mass is 16.5. The van der Waals surface area contributed by atoms with E-state index in [0.29, 0.717) is 11.1 Å². The Morgan fingerprint density at radius 2 is 1.83 bits per heavy atom. The Morgan fingerprint density at radius 1 is 1.11 bits per heavy atom. The molecule has 0 aliphatic heterocycles. The van der Waals surface area contributed by atoms with Crippen LogP contribution in [0.25, 0.3) is 11.1 Å². The normalized spacial score (nSPS) is 13.2. The smallest absolute Gasteiger partial charge is 0.308 e. The number of aromatic hydroxyl groups is 2. The van der Waals surface area contributed by atoms with Crippen LogP contribution in [0.4, 0.5) is 0 Å². The molecule has 0 aliphatic rings. The van der Waals surface area contributed by atoms with E-state index in [1.54, 1.807) is 30.3 Å². The molecule has 0 aliphatic carbocycles. The van der Waals surface area contributed by atoms with E-state index in [-0.39, 0.29) is 0 Å². The number of rotatable bonds is 2. The van der Waals surface area contributed by atoms with Crippen LogP contribution in [0, 0.1) is 0 Å². The highest BCUT2D eigenvalue weighted by Gasteiger charge is 2.15. The number of hydrogen-bond donors (Lipinski definition) is 2. The standard InChI is InChI=1S/C14H12O4/c1-9(15)18-12-8-7-11(13(16)14(12)17)10-5-3-2-4-6-10/h2-8,16-17H,1H3/i1D3. The van der Waals surface area contributed by atoms with Crippen LogP contribution >= 0.6 is 0 Å². The van der Waals surface area contributed by atoms with Crippen LogP contribution in [0.3, 0.4) is 0 Å². The van der Waals surface area contributed by atoms with Crippen LogP contribution < -0.4 is 4.74 Å². The van der Waals surface area contributed by atoms with E-state index in [2.05, 4.69) is 4.74 Å². The largest absolute Gasteiger partial charge is 0.504 e. The molecular formula is C14H12O4. The number of carbonyl (C=O) groups is 1. The Balaban J connectivity index is 2.37. The van der Waals surface area contributed by atoms with Crippen LogP contribution in [0.2, 0.25) is 0 Å². The first kappa shape index (κ1) is 8.58. The molecule has 4 heteroatoms. The van der Waals surface area contributed by atoms with Gasteiger partial charge in [-0.3, -0.25) is 4.79 Å². The molecule has 0 amide bonds. The minimum absolute atomic E-state index is 0.335. The fourth-order valence-corrected chi connectivity index (χ4v) is 1.59. The van der Waals surface area contributed by atoms with Gasteiger partial charge in [-0.05, 0) is 17.7 Å². The van der Waals surface area contributed by atoms with Gasteiger partial charge in [0.2, 0.25) is 5.75 Å². The van der Waals surface area contributed by atoms with Gasteiger partial charge in [0.05, 0.1) is 0 Å². The maximum absolute atomic E-state index is 11.3. The molecule has 0 saturated carbocycles. The van der Waals surface area contributed by atoms with Crippen molar-refractivity contribution in [1.29, 1.82) is 0 Å². The van der Waals surface area contributed by atoms with Crippen LogP contribution in [0.1, 0.15) is 11.0 Å². The first-order chi connectivity index (χ1) is 9.80. The summed E-state index contributed by atoms with van der Waals surface area (Å²) in [6.45, 7) is -2.94. The molecule has 0 aromatic heterocycles. The number of esters is 1. The quantitative estimate of drug-likeness (QED) is 0.486. The van der Waals surface area contributed by atoms with Gasteiger partial charge in [-0.25, -0.2) is 0 Å². The van der Waals surface area contributed by atoms with Gasteiger partial charge in [-0.2, -0.15) is 0 Å². The molecule has 0 heterocycles. The molecule has 92 valence electrons. The van der Waals surface area contributed by atoms with Crippen molar-refractivity contribution in [2.24, 2.45) is 0 Å². The summed E-state index contributed by atoms with van der Waals surface area (Å²) in [7, 11) is 0. The number of hydrogen-bond acceptors (Lipinski definition) is 4. The van der Waals surface area contributed by atoms with Gasteiger partial charge >= 0.3 is 5.97 Å². The van der Waals surface area contributed by atoms with Crippen molar-refractivity contribution in [2.45, 2.75) is 6.85 Å². The molecule has 2 aromatic carbocycles. The van der Waals surface area contributed by atoms with Crippen LogP contribution in [0.5, 0.6) is 17.2 Å². The van der Waals surface area contributed by atoms with Gasteiger partial charge in [0.15, 0.2) is 11.5 Å². The second kappa shape index (κ2) is 4.79. The Labute approximate surface area is 108 Å². The lowest BCUT2D eigenvalue weighted by atomic mass is 10.0. The Morgan fingerprint density at radius 3 is 2.50 bits per heavy atom. The maximum Gasteiger partial charge on any atom is 0.308 e. The van der Waals surface area contributed by atoms with E-state index < -0.39 is 30.1 Å². The molecule has 0 bridgehead atoms. The van der Waals surface area contributed by atoms with Crippen LogP contribution in [0.15, 0.2) is 42.5 Å². The highest BCUT2D eigenvalue weighted by molar-refractivity contribution is 5.77. The minimum atomic E-state index is -2.94. The third kappa shape index (κ3) is 2.27. The summed E-state index contributed by atoms with van der Waals surface area (Å²) in [4.78, 5) is 11.3. The average molecular weight is 247 g/mol. The second-order valence-electron chi connectivity index (χ2n) is 3.56. The lowest BCUT2D eigenvalue weighted by molar-refractivity contribution is -0.132. The summed E-state index contributed by atoms with van der Waals surface area (Å²) in [5.74, 6) is -3.07. The van der Waals surface area contributed by atoms with Crippen molar-refractivity contribution in [3.05, 3.63) is 42.5 Å². The monoisotopic (exact) mass is 247 g/mol. The zero-order valence-corrected chi connectivity index (χ0v) is 9.25. The van der Waals surface area contributed by atoms with E-state index in [1.165, 1.54) is 12.1 Å². The van der Waals surface area contributed by atoms with Crippen molar-refractivity contribution in [3.8, 4) is 28.4 Å². The summed E-state index contributed by atoms with van der Waals surface area (Å²) in [6, 6.07) is 11.4. The molecule has 0 atom stereocenters. The summed E-state index contributed by atoms with van der Waals surface area (Å²) in [6.07, 6.45) is 0. The number of carbonyl (C=O) groups excluding carboxylic acids is 1. The van der Waals surface area contributed by atoms with Crippen molar-refractivity contribution < 1.29 is 23.9 Å². The van der Waals surface area contributed by atoms with Gasteiger partial charge in [0.25, 0.3) is 0 Å². The van der Waals surface area contributed by atoms with Gasteiger partial charge in [0, 0.05) is 16.5 Å². The van der Waals surface area contributed by atoms with E-state index in [9.17, 15) is 15.0 Å². The Hall–Kier alpha value is -2.49. The second-order valence-corrected chi connectivity index (χ2v) is 3.56. The van der Waals surface area contributed by atoms with Gasteiger partial charge in [-0.15, -0.1) is 0 Å². The van der Waals surface area contributed by atoms with E-state index in [4.69, 9.17) is 4.11 Å². The number of benzene rings is 2. The third-order valence-corrected chi connectivity index (χ3v) is 2.40. The van der Waals surface area contributed by atoms with Crippen molar-refractivity contribution >= 4 is 5.97 Å². The number of phenols is 2. The predicted molar refractivity (Wildman–Crippen MR) is 66.5 cm³/mol. The van der Waals surface area contributed by atoms with Crippen LogP contribution in [-0.2, 0) is 4.79 Å². The first-order valence-corrected chi connectivity index (χ1v) is 5.13. The van der Waals surface area contributed by atoms with Crippen molar-refractivity contribution in [2.75, 3.05) is 0 Å². The lowest BCUT2D eigenvalue weighted by Gasteiger charge is -2.10. The third-order valence-electron chi connectivity index (χ3n) is 2.40. The van der Waals surface area contributed by atoms with Crippen LogP contribution in [-0.4, -0.2) is 16.2 Å². The predicted octanol–water partition coefficient (Wildman–Crippen LogP) is 2.69. The van der Waals surface area contributed by atoms with Gasteiger partial charge in [0.1, 0.15) is 0 Å².